The van der Waals surface area contributed by atoms with Crippen LogP contribution in [0.5, 0.6) is 0 Å². The van der Waals surface area contributed by atoms with Gasteiger partial charge in [-0.05, 0) is 43.2 Å². The summed E-state index contributed by atoms with van der Waals surface area (Å²) >= 11 is 6.74. The van der Waals surface area contributed by atoms with E-state index in [9.17, 15) is 4.79 Å². The number of rotatable bonds is 2. The van der Waals surface area contributed by atoms with Crippen LogP contribution in [0.4, 0.5) is 5.69 Å². The molecule has 2 aromatic carbocycles. The highest BCUT2D eigenvalue weighted by Gasteiger charge is 2.33. The number of hydrogen-bond donors (Lipinski definition) is 0. The van der Waals surface area contributed by atoms with Crippen LogP contribution in [-0.2, 0) is 4.79 Å². The minimum atomic E-state index is -0.0536. The molecule has 0 N–H and O–H groups in total. The first-order valence-electron chi connectivity index (χ1n) is 6.96. The quantitative estimate of drug-likeness (QED) is 0.589. The fraction of sp³-hybridized carbons (Fsp3) is 0.111. The molecule has 4 heteroatoms. The van der Waals surface area contributed by atoms with Crippen LogP contribution >= 0.6 is 24.0 Å². The van der Waals surface area contributed by atoms with Gasteiger partial charge in [-0.3, -0.25) is 9.69 Å². The van der Waals surface area contributed by atoms with Gasteiger partial charge in [0.2, 0.25) is 0 Å². The van der Waals surface area contributed by atoms with Gasteiger partial charge in [0.25, 0.3) is 5.91 Å². The molecule has 0 spiro atoms. The number of benzene rings is 2. The maximum absolute atomic E-state index is 12.7. The summed E-state index contributed by atoms with van der Waals surface area (Å²) < 4.78 is 0.577. The van der Waals surface area contributed by atoms with E-state index in [0.717, 1.165) is 22.4 Å². The molecule has 1 heterocycles. The molecule has 2 nitrogen and oxygen atoms in total. The first-order valence-corrected chi connectivity index (χ1v) is 8.19. The molecule has 1 fully saturated rings. The van der Waals surface area contributed by atoms with Crippen molar-refractivity contribution in [1.29, 1.82) is 0 Å². The van der Waals surface area contributed by atoms with Crippen LogP contribution in [0.1, 0.15) is 16.7 Å². The lowest BCUT2D eigenvalue weighted by molar-refractivity contribution is -0.113. The zero-order valence-electron chi connectivity index (χ0n) is 12.4. The van der Waals surface area contributed by atoms with Gasteiger partial charge in [-0.25, -0.2) is 0 Å². The van der Waals surface area contributed by atoms with E-state index in [2.05, 4.69) is 0 Å². The Bertz CT molecular complexity index is 778. The molecule has 0 saturated carbocycles. The van der Waals surface area contributed by atoms with Crippen molar-refractivity contribution >= 4 is 46.0 Å². The van der Waals surface area contributed by atoms with Crippen molar-refractivity contribution in [3.63, 3.8) is 0 Å². The van der Waals surface area contributed by atoms with Gasteiger partial charge in [0, 0.05) is 0 Å². The Balaban J connectivity index is 1.95. The summed E-state index contributed by atoms with van der Waals surface area (Å²) in [6.07, 6.45) is 1.92. The van der Waals surface area contributed by atoms with Crippen molar-refractivity contribution in [3.8, 4) is 0 Å². The lowest BCUT2D eigenvalue weighted by Crippen LogP contribution is -2.27. The van der Waals surface area contributed by atoms with Gasteiger partial charge in [0.1, 0.15) is 0 Å². The molecular weight excluding hydrogens is 310 g/mol. The Hall–Kier alpha value is -1.91. The molecule has 0 radical (unpaired) electrons. The monoisotopic (exact) mass is 325 g/mol. The van der Waals surface area contributed by atoms with Crippen LogP contribution in [0.25, 0.3) is 6.08 Å². The number of aryl methyl sites for hydroxylation is 2. The molecule has 0 aromatic heterocycles. The van der Waals surface area contributed by atoms with E-state index in [4.69, 9.17) is 12.2 Å². The van der Waals surface area contributed by atoms with Crippen LogP contribution in [-0.4, -0.2) is 10.2 Å². The third kappa shape index (κ3) is 2.85. The summed E-state index contributed by atoms with van der Waals surface area (Å²) in [6, 6.07) is 15.8. The minimum absolute atomic E-state index is 0.0536. The molecule has 1 aliphatic heterocycles. The van der Waals surface area contributed by atoms with E-state index >= 15 is 0 Å². The Morgan fingerprint density at radius 1 is 1.05 bits per heavy atom. The van der Waals surface area contributed by atoms with Crippen LogP contribution < -0.4 is 4.90 Å². The Morgan fingerprint density at radius 3 is 2.41 bits per heavy atom. The fourth-order valence-corrected chi connectivity index (χ4v) is 3.56. The number of carbonyl (C=O) groups is 1. The van der Waals surface area contributed by atoms with Crippen LogP contribution in [0.2, 0.25) is 0 Å². The van der Waals surface area contributed by atoms with Gasteiger partial charge < -0.3 is 0 Å². The van der Waals surface area contributed by atoms with Crippen molar-refractivity contribution in [1.82, 2.24) is 0 Å². The molecule has 3 rings (SSSR count). The van der Waals surface area contributed by atoms with Gasteiger partial charge >= 0.3 is 0 Å². The summed E-state index contributed by atoms with van der Waals surface area (Å²) in [5.74, 6) is -0.0536. The predicted molar refractivity (Wildman–Crippen MR) is 98.0 cm³/mol. The number of hydrogen-bond acceptors (Lipinski definition) is 3. The maximum Gasteiger partial charge on any atom is 0.270 e. The number of thioether (sulfide) groups is 1. The molecule has 0 unspecified atom stereocenters. The van der Waals surface area contributed by atoms with Crippen molar-refractivity contribution in [2.75, 3.05) is 4.90 Å². The third-order valence-corrected chi connectivity index (χ3v) is 4.86. The number of amides is 1. The van der Waals surface area contributed by atoms with Crippen LogP contribution in [0.15, 0.2) is 53.4 Å². The van der Waals surface area contributed by atoms with E-state index in [-0.39, 0.29) is 5.91 Å². The van der Waals surface area contributed by atoms with Crippen molar-refractivity contribution < 1.29 is 4.79 Å². The van der Waals surface area contributed by atoms with E-state index in [1.807, 2.05) is 68.5 Å². The maximum atomic E-state index is 12.7. The molecule has 1 saturated heterocycles. The van der Waals surface area contributed by atoms with E-state index in [1.54, 1.807) is 4.90 Å². The van der Waals surface area contributed by atoms with E-state index in [0.29, 0.717) is 9.23 Å². The largest absolute Gasteiger partial charge is 0.270 e. The second-order valence-electron chi connectivity index (χ2n) is 5.21. The van der Waals surface area contributed by atoms with Crippen LogP contribution in [0, 0.1) is 13.8 Å². The van der Waals surface area contributed by atoms with Gasteiger partial charge in [0.15, 0.2) is 4.32 Å². The summed E-state index contributed by atoms with van der Waals surface area (Å²) in [6.45, 7) is 4.05. The summed E-state index contributed by atoms with van der Waals surface area (Å²) in [5.41, 5.74) is 4.17. The molecule has 0 bridgehead atoms. The topological polar surface area (TPSA) is 20.3 Å². The Morgan fingerprint density at radius 2 is 1.73 bits per heavy atom. The molecule has 0 atom stereocenters. The molecule has 2 aromatic rings. The zero-order chi connectivity index (χ0) is 15.7. The standard InChI is InChI=1S/C18H15NOS2/c1-12-7-9-15(10-8-12)19-17(20)16(22-18(19)21)11-14-6-4-3-5-13(14)2/h3-11H,1-2H3. The van der Waals surface area contributed by atoms with Gasteiger partial charge in [-0.1, -0.05) is 65.9 Å². The van der Waals surface area contributed by atoms with Gasteiger partial charge in [-0.15, -0.1) is 0 Å². The average Bonchev–Trinajstić information content (AvgIpc) is 2.77. The normalized spacial score (nSPS) is 16.6. The first-order chi connectivity index (χ1) is 10.6. The Kier molecular flexibility index (Phi) is 4.14. The zero-order valence-corrected chi connectivity index (χ0v) is 14.0. The van der Waals surface area contributed by atoms with Crippen molar-refractivity contribution in [2.45, 2.75) is 13.8 Å². The lowest BCUT2D eigenvalue weighted by atomic mass is 10.1. The number of carbonyl (C=O) groups excluding carboxylic acids is 1. The molecular formula is C18H15NOS2. The average molecular weight is 325 g/mol. The second kappa shape index (κ2) is 6.07. The Labute approximate surface area is 139 Å². The highest BCUT2D eigenvalue weighted by atomic mass is 32.2. The molecule has 1 aliphatic rings. The smallest absolute Gasteiger partial charge is 0.268 e. The molecule has 0 aliphatic carbocycles. The lowest BCUT2D eigenvalue weighted by Gasteiger charge is -2.14. The van der Waals surface area contributed by atoms with Crippen LogP contribution in [0.3, 0.4) is 0 Å². The number of nitrogens with zero attached hydrogens (tertiary/aromatic N) is 1. The van der Waals surface area contributed by atoms with Gasteiger partial charge in [-0.2, -0.15) is 0 Å². The summed E-state index contributed by atoms with van der Waals surface area (Å²) in [4.78, 5) is 14.9. The predicted octanol–water partition coefficient (Wildman–Crippen LogP) is 4.71. The highest BCUT2D eigenvalue weighted by molar-refractivity contribution is 8.27. The van der Waals surface area contributed by atoms with Crippen molar-refractivity contribution in [2.24, 2.45) is 0 Å². The van der Waals surface area contributed by atoms with E-state index < -0.39 is 0 Å². The van der Waals surface area contributed by atoms with E-state index in [1.165, 1.54) is 11.8 Å². The molecule has 22 heavy (non-hydrogen) atoms. The third-order valence-electron chi connectivity index (χ3n) is 3.56. The number of thiocarbonyl (C=S) groups is 1. The summed E-state index contributed by atoms with van der Waals surface area (Å²) in [5, 5.41) is 0. The van der Waals surface area contributed by atoms with Crippen molar-refractivity contribution in [3.05, 3.63) is 70.1 Å². The molecule has 110 valence electrons. The SMILES string of the molecule is Cc1ccc(N2C(=O)C(=Cc3ccccc3C)SC2=S)cc1. The summed E-state index contributed by atoms with van der Waals surface area (Å²) in [7, 11) is 0. The minimum Gasteiger partial charge on any atom is -0.268 e. The second-order valence-corrected chi connectivity index (χ2v) is 6.89. The fourth-order valence-electron chi connectivity index (χ4n) is 2.27. The highest BCUT2D eigenvalue weighted by Crippen LogP contribution is 2.36. The first kappa shape index (κ1) is 15.0. The number of anilines is 1. The molecule has 1 amide bonds. The van der Waals surface area contributed by atoms with Gasteiger partial charge in [0.05, 0.1) is 10.6 Å².